The molecule has 0 aromatic carbocycles. The molecule has 2 aliphatic heterocycles. The summed E-state index contributed by atoms with van der Waals surface area (Å²) >= 11 is 0. The maximum absolute atomic E-state index is 12.7. The third kappa shape index (κ3) is 4.47. The van der Waals surface area contributed by atoms with E-state index in [1.807, 2.05) is 24.4 Å². The van der Waals surface area contributed by atoms with Gasteiger partial charge in [-0.15, -0.1) is 0 Å². The predicted octanol–water partition coefficient (Wildman–Crippen LogP) is 2.61. The maximum atomic E-state index is 12.7. The van der Waals surface area contributed by atoms with Crippen LogP contribution in [0.2, 0.25) is 0 Å². The third-order valence-corrected chi connectivity index (χ3v) is 5.38. The van der Waals surface area contributed by atoms with Crippen LogP contribution in [0, 0.1) is 5.92 Å². The number of carbonyl (C=O) groups is 1. The van der Waals surface area contributed by atoms with Gasteiger partial charge in [0.05, 0.1) is 6.54 Å². The highest BCUT2D eigenvalue weighted by Crippen LogP contribution is 2.21. The second kappa shape index (κ2) is 8.47. The van der Waals surface area contributed by atoms with Gasteiger partial charge in [-0.2, -0.15) is 0 Å². The monoisotopic (exact) mass is 330 g/mol. The largest absolute Gasteiger partial charge is 0.370 e. The van der Waals surface area contributed by atoms with Gasteiger partial charge in [0, 0.05) is 31.9 Å². The normalized spacial score (nSPS) is 25.0. The van der Waals surface area contributed by atoms with Crippen molar-refractivity contribution in [3.8, 4) is 0 Å². The summed E-state index contributed by atoms with van der Waals surface area (Å²) in [6.45, 7) is 6.72. The number of hydrogen-bond donors (Lipinski definition) is 1. The first-order valence-corrected chi connectivity index (χ1v) is 9.43. The molecule has 1 amide bonds. The summed E-state index contributed by atoms with van der Waals surface area (Å²) in [6.07, 6.45) is 7.67. The molecule has 1 aromatic heterocycles. The average Bonchev–Trinajstić information content (AvgIpc) is 3.08. The van der Waals surface area contributed by atoms with Gasteiger partial charge in [-0.1, -0.05) is 13.0 Å². The van der Waals surface area contributed by atoms with Gasteiger partial charge >= 0.3 is 0 Å². The van der Waals surface area contributed by atoms with Crippen LogP contribution >= 0.6 is 0 Å². The van der Waals surface area contributed by atoms with E-state index in [4.69, 9.17) is 0 Å². The molecular formula is C19H30N4O. The highest BCUT2D eigenvalue weighted by Gasteiger charge is 2.29. The van der Waals surface area contributed by atoms with Crippen molar-refractivity contribution in [3.05, 3.63) is 24.4 Å². The van der Waals surface area contributed by atoms with Gasteiger partial charge in [0.25, 0.3) is 0 Å². The highest BCUT2D eigenvalue weighted by molar-refractivity contribution is 5.78. The van der Waals surface area contributed by atoms with E-state index in [1.165, 1.54) is 19.3 Å². The molecule has 0 aliphatic carbocycles. The van der Waals surface area contributed by atoms with Crippen LogP contribution in [0.1, 0.15) is 39.0 Å². The zero-order chi connectivity index (χ0) is 16.8. The fraction of sp³-hybridized carbons (Fsp3) is 0.684. The van der Waals surface area contributed by atoms with Gasteiger partial charge in [0.15, 0.2) is 0 Å². The number of piperidine rings is 1. The van der Waals surface area contributed by atoms with Gasteiger partial charge in [-0.3, -0.25) is 9.69 Å². The van der Waals surface area contributed by atoms with Gasteiger partial charge in [-0.25, -0.2) is 4.98 Å². The first-order valence-electron chi connectivity index (χ1n) is 9.43. The van der Waals surface area contributed by atoms with Crippen LogP contribution in [0.5, 0.6) is 0 Å². The lowest BCUT2D eigenvalue weighted by atomic mass is 10.00. The second-order valence-electron chi connectivity index (χ2n) is 7.13. The molecule has 3 heterocycles. The Morgan fingerprint density at radius 2 is 2.21 bits per heavy atom. The quantitative estimate of drug-likeness (QED) is 0.871. The highest BCUT2D eigenvalue weighted by atomic mass is 16.2. The minimum Gasteiger partial charge on any atom is -0.370 e. The topological polar surface area (TPSA) is 48.5 Å². The Labute approximate surface area is 145 Å². The summed E-state index contributed by atoms with van der Waals surface area (Å²) in [4.78, 5) is 21.4. The Morgan fingerprint density at radius 1 is 1.29 bits per heavy atom. The molecule has 2 aliphatic rings. The number of pyridine rings is 1. The smallest absolute Gasteiger partial charge is 0.236 e. The number of amides is 1. The molecule has 0 spiro atoms. The number of hydrogen-bond acceptors (Lipinski definition) is 4. The molecule has 132 valence electrons. The third-order valence-electron chi connectivity index (χ3n) is 5.38. The van der Waals surface area contributed by atoms with E-state index in [2.05, 4.69) is 27.0 Å². The molecule has 1 N–H and O–H groups in total. The molecule has 2 saturated heterocycles. The summed E-state index contributed by atoms with van der Waals surface area (Å²) in [5.41, 5.74) is 0. The SMILES string of the molecule is CC[C@@H]1CCCCN1C(=O)CN1CC[C@@H](CNc2ccccn2)C1. The zero-order valence-corrected chi connectivity index (χ0v) is 14.8. The van der Waals surface area contributed by atoms with E-state index in [9.17, 15) is 4.79 Å². The molecular weight excluding hydrogens is 300 g/mol. The molecule has 2 atom stereocenters. The van der Waals surface area contributed by atoms with Crippen molar-refractivity contribution in [2.24, 2.45) is 5.92 Å². The molecule has 0 saturated carbocycles. The lowest BCUT2D eigenvalue weighted by Gasteiger charge is -2.36. The first kappa shape index (κ1) is 17.2. The Bertz CT molecular complexity index is 521. The summed E-state index contributed by atoms with van der Waals surface area (Å²) in [7, 11) is 0. The maximum Gasteiger partial charge on any atom is 0.236 e. The minimum atomic E-state index is 0.333. The number of nitrogens with one attached hydrogen (secondary N) is 1. The Hall–Kier alpha value is -1.62. The fourth-order valence-electron chi connectivity index (χ4n) is 3.97. The van der Waals surface area contributed by atoms with Gasteiger partial charge < -0.3 is 10.2 Å². The molecule has 5 heteroatoms. The summed E-state index contributed by atoms with van der Waals surface area (Å²) in [5, 5.41) is 3.41. The second-order valence-corrected chi connectivity index (χ2v) is 7.13. The molecule has 0 bridgehead atoms. The number of anilines is 1. The number of nitrogens with zero attached hydrogens (tertiary/aromatic N) is 3. The summed E-state index contributed by atoms with van der Waals surface area (Å²) in [6, 6.07) is 6.39. The van der Waals surface area contributed by atoms with E-state index in [0.717, 1.165) is 44.8 Å². The fourth-order valence-corrected chi connectivity index (χ4v) is 3.97. The zero-order valence-electron chi connectivity index (χ0n) is 14.8. The van der Waals surface area contributed by atoms with Crippen molar-refractivity contribution in [2.75, 3.05) is 38.0 Å². The lowest BCUT2D eigenvalue weighted by molar-refractivity contribution is -0.136. The van der Waals surface area contributed by atoms with E-state index >= 15 is 0 Å². The molecule has 2 fully saturated rings. The van der Waals surface area contributed by atoms with Crippen molar-refractivity contribution in [3.63, 3.8) is 0 Å². The van der Waals surface area contributed by atoms with Crippen LogP contribution in [-0.2, 0) is 4.79 Å². The Morgan fingerprint density at radius 3 is 3.00 bits per heavy atom. The Balaban J connectivity index is 1.43. The molecule has 0 unspecified atom stereocenters. The molecule has 5 nitrogen and oxygen atoms in total. The number of aromatic nitrogens is 1. The van der Waals surface area contributed by atoms with Crippen molar-refractivity contribution in [1.82, 2.24) is 14.8 Å². The van der Waals surface area contributed by atoms with Gasteiger partial charge in [0.1, 0.15) is 5.82 Å². The van der Waals surface area contributed by atoms with Crippen molar-refractivity contribution in [1.29, 1.82) is 0 Å². The lowest BCUT2D eigenvalue weighted by Crippen LogP contribution is -2.47. The van der Waals surface area contributed by atoms with Crippen LogP contribution in [-0.4, -0.2) is 59.5 Å². The Kier molecular flexibility index (Phi) is 6.07. The van der Waals surface area contributed by atoms with Gasteiger partial charge in [0.2, 0.25) is 5.91 Å². The van der Waals surface area contributed by atoms with Crippen molar-refractivity contribution in [2.45, 2.75) is 45.1 Å². The van der Waals surface area contributed by atoms with Crippen molar-refractivity contribution >= 4 is 11.7 Å². The van der Waals surface area contributed by atoms with Crippen LogP contribution in [0.15, 0.2) is 24.4 Å². The summed E-state index contributed by atoms with van der Waals surface area (Å²) < 4.78 is 0. The van der Waals surface area contributed by atoms with Crippen LogP contribution in [0.25, 0.3) is 0 Å². The first-order chi connectivity index (χ1) is 11.8. The van der Waals surface area contributed by atoms with Crippen LogP contribution < -0.4 is 5.32 Å². The van der Waals surface area contributed by atoms with Crippen molar-refractivity contribution < 1.29 is 4.79 Å². The molecule has 24 heavy (non-hydrogen) atoms. The molecule has 3 rings (SSSR count). The van der Waals surface area contributed by atoms with Crippen LogP contribution in [0.3, 0.4) is 0 Å². The minimum absolute atomic E-state index is 0.333. The van der Waals surface area contributed by atoms with E-state index in [-0.39, 0.29) is 0 Å². The molecule has 1 aromatic rings. The van der Waals surface area contributed by atoms with E-state index in [1.54, 1.807) is 0 Å². The standard InChI is InChI=1S/C19H30N4O/c1-2-17-7-4-6-11-23(17)19(24)15-22-12-9-16(14-22)13-21-18-8-3-5-10-20-18/h3,5,8,10,16-17H,2,4,6-7,9,11-15H2,1H3,(H,20,21)/t16-,17+/m0/s1. The number of rotatable bonds is 6. The molecule has 0 radical (unpaired) electrons. The predicted molar refractivity (Wildman–Crippen MR) is 96.9 cm³/mol. The van der Waals surface area contributed by atoms with Gasteiger partial charge in [-0.05, 0) is 56.7 Å². The van der Waals surface area contributed by atoms with E-state index < -0.39 is 0 Å². The average molecular weight is 330 g/mol. The number of likely N-dealkylation sites (tertiary alicyclic amines) is 2. The van der Waals surface area contributed by atoms with E-state index in [0.29, 0.717) is 24.4 Å². The van der Waals surface area contributed by atoms with Crippen LogP contribution in [0.4, 0.5) is 5.82 Å². The number of carbonyl (C=O) groups excluding carboxylic acids is 1. The summed E-state index contributed by atoms with van der Waals surface area (Å²) in [5.74, 6) is 1.87.